The van der Waals surface area contributed by atoms with Crippen molar-refractivity contribution in [2.24, 2.45) is 5.92 Å². The van der Waals surface area contributed by atoms with Crippen LogP contribution in [0.3, 0.4) is 0 Å². The van der Waals surface area contributed by atoms with E-state index in [2.05, 4.69) is 22.2 Å². The van der Waals surface area contributed by atoms with Gasteiger partial charge in [0.15, 0.2) is 0 Å². The van der Waals surface area contributed by atoms with Crippen LogP contribution in [0.1, 0.15) is 34.3 Å². The Morgan fingerprint density at radius 3 is 2.88 bits per heavy atom. The van der Waals surface area contributed by atoms with E-state index in [9.17, 15) is 4.79 Å². The summed E-state index contributed by atoms with van der Waals surface area (Å²) >= 11 is 1.68. The Kier molecular flexibility index (Phi) is 4.02. The van der Waals surface area contributed by atoms with Crippen molar-refractivity contribution in [1.29, 1.82) is 0 Å². The summed E-state index contributed by atoms with van der Waals surface area (Å²) in [7, 11) is 0. The topological polar surface area (TPSA) is 54.9 Å². The minimum absolute atomic E-state index is 0.0397. The Morgan fingerprint density at radius 1 is 1.29 bits per heavy atom. The van der Waals surface area contributed by atoms with Crippen LogP contribution in [-0.2, 0) is 11.2 Å². The normalized spacial score (nSPS) is 15.4. The van der Waals surface area contributed by atoms with Crippen molar-refractivity contribution >= 4 is 28.1 Å². The third-order valence-electron chi connectivity index (χ3n) is 4.38. The fourth-order valence-corrected chi connectivity index (χ4v) is 3.95. The van der Waals surface area contributed by atoms with E-state index >= 15 is 0 Å². The van der Waals surface area contributed by atoms with Gasteiger partial charge in [-0.3, -0.25) is 9.78 Å². The van der Waals surface area contributed by atoms with Crippen LogP contribution < -0.4 is 5.32 Å². The number of nitrogens with zero attached hydrogens (tertiary/aromatic N) is 2. The first-order valence-electron chi connectivity index (χ1n) is 8.25. The Labute approximate surface area is 145 Å². The lowest BCUT2D eigenvalue weighted by atomic mass is 10.1. The van der Waals surface area contributed by atoms with Crippen LogP contribution in [0, 0.1) is 12.8 Å². The smallest absolute Gasteiger partial charge is 0.225 e. The molecule has 1 saturated carbocycles. The van der Waals surface area contributed by atoms with Crippen molar-refractivity contribution in [3.8, 4) is 0 Å². The Balaban J connectivity index is 1.53. The highest BCUT2D eigenvalue weighted by molar-refractivity contribution is 7.11. The lowest BCUT2D eigenvalue weighted by molar-refractivity contribution is -0.121. The van der Waals surface area contributed by atoms with Crippen molar-refractivity contribution in [3.05, 3.63) is 58.2 Å². The molecule has 1 aliphatic carbocycles. The summed E-state index contributed by atoms with van der Waals surface area (Å²) in [5.74, 6) is 0.572. The van der Waals surface area contributed by atoms with Crippen molar-refractivity contribution in [1.82, 2.24) is 15.3 Å². The number of fused-ring (bicyclic) bond motifs is 1. The Morgan fingerprint density at radius 2 is 2.12 bits per heavy atom. The first-order valence-corrected chi connectivity index (χ1v) is 9.06. The number of para-hydroxylation sites is 1. The molecule has 5 heteroatoms. The van der Waals surface area contributed by atoms with Crippen LogP contribution in [0.25, 0.3) is 10.9 Å². The van der Waals surface area contributed by atoms with E-state index < -0.39 is 0 Å². The first-order chi connectivity index (χ1) is 11.7. The van der Waals surface area contributed by atoms with E-state index in [1.54, 1.807) is 17.5 Å². The lowest BCUT2D eigenvalue weighted by Crippen LogP contribution is -2.31. The molecule has 0 aliphatic heterocycles. The van der Waals surface area contributed by atoms with Gasteiger partial charge in [-0.1, -0.05) is 24.3 Å². The second-order valence-corrected chi connectivity index (χ2v) is 7.63. The third kappa shape index (κ3) is 3.17. The number of amides is 1. The van der Waals surface area contributed by atoms with Crippen molar-refractivity contribution in [3.63, 3.8) is 0 Å². The highest BCUT2D eigenvalue weighted by Gasteiger charge is 2.35. The highest BCUT2D eigenvalue weighted by atomic mass is 32.1. The average molecular weight is 337 g/mol. The van der Waals surface area contributed by atoms with E-state index in [1.807, 2.05) is 36.5 Å². The molecule has 1 N–H and O–H groups in total. The molecule has 2 aromatic heterocycles. The number of nitrogens with one attached hydrogen (secondary N) is 1. The molecule has 3 aromatic rings. The van der Waals surface area contributed by atoms with Crippen LogP contribution in [0.15, 0.2) is 42.7 Å². The summed E-state index contributed by atoms with van der Waals surface area (Å²) in [5.41, 5.74) is 1.87. The number of hydrogen-bond acceptors (Lipinski definition) is 4. The number of aryl methyl sites for hydroxylation is 1. The molecular formula is C19H19N3OS. The zero-order valence-corrected chi connectivity index (χ0v) is 14.3. The molecule has 1 aliphatic rings. The summed E-state index contributed by atoms with van der Waals surface area (Å²) in [5, 5.41) is 5.30. The number of benzene rings is 1. The zero-order chi connectivity index (χ0) is 16.5. The van der Waals surface area contributed by atoms with E-state index in [0.29, 0.717) is 12.3 Å². The number of thiazole rings is 1. The van der Waals surface area contributed by atoms with Gasteiger partial charge in [-0.25, -0.2) is 4.98 Å². The van der Waals surface area contributed by atoms with E-state index in [0.717, 1.165) is 21.5 Å². The largest absolute Gasteiger partial charge is 0.346 e. The SMILES string of the molecule is Cc1cnc([C@@H](NC(=O)Cc2cccc3cccnc23)C2CC2)s1. The summed E-state index contributed by atoms with van der Waals surface area (Å²) in [6, 6.07) is 9.98. The predicted octanol–water partition coefficient (Wildman–Crippen LogP) is 3.81. The van der Waals surface area contributed by atoms with Gasteiger partial charge in [-0.15, -0.1) is 11.3 Å². The third-order valence-corrected chi connectivity index (χ3v) is 5.38. The van der Waals surface area contributed by atoms with E-state index in [-0.39, 0.29) is 11.9 Å². The molecule has 4 rings (SSSR count). The minimum atomic E-state index is 0.0397. The van der Waals surface area contributed by atoms with Crippen LogP contribution in [0.4, 0.5) is 0 Å². The fourth-order valence-electron chi connectivity index (χ4n) is 3.03. The summed E-state index contributed by atoms with van der Waals surface area (Å²) in [6.45, 7) is 2.05. The molecule has 1 atom stereocenters. The van der Waals surface area contributed by atoms with E-state index in [4.69, 9.17) is 0 Å². The summed E-state index contributed by atoms with van der Waals surface area (Å²) < 4.78 is 0. The number of aromatic nitrogens is 2. The number of carbonyl (C=O) groups excluding carboxylic acids is 1. The molecule has 0 radical (unpaired) electrons. The van der Waals surface area contributed by atoms with Crippen LogP contribution in [0.5, 0.6) is 0 Å². The maximum atomic E-state index is 12.6. The maximum absolute atomic E-state index is 12.6. The van der Waals surface area contributed by atoms with Gasteiger partial charge >= 0.3 is 0 Å². The van der Waals surface area contributed by atoms with Gasteiger partial charge in [0.1, 0.15) is 5.01 Å². The summed E-state index contributed by atoms with van der Waals surface area (Å²) in [4.78, 5) is 22.7. The number of hydrogen-bond donors (Lipinski definition) is 1. The minimum Gasteiger partial charge on any atom is -0.346 e. The lowest BCUT2D eigenvalue weighted by Gasteiger charge is -2.16. The van der Waals surface area contributed by atoms with Gasteiger partial charge in [0, 0.05) is 22.7 Å². The average Bonchev–Trinajstić information content (AvgIpc) is 3.34. The van der Waals surface area contributed by atoms with Gasteiger partial charge in [-0.05, 0) is 37.3 Å². The number of carbonyl (C=O) groups is 1. The molecule has 1 amide bonds. The molecule has 0 bridgehead atoms. The van der Waals surface area contributed by atoms with Gasteiger partial charge in [0.2, 0.25) is 5.91 Å². The fraction of sp³-hybridized carbons (Fsp3) is 0.316. The molecule has 0 saturated heterocycles. The highest BCUT2D eigenvalue weighted by Crippen LogP contribution is 2.42. The summed E-state index contributed by atoms with van der Waals surface area (Å²) in [6.07, 6.45) is 6.34. The molecule has 1 fully saturated rings. The number of rotatable bonds is 5. The van der Waals surface area contributed by atoms with Crippen molar-refractivity contribution in [2.45, 2.75) is 32.2 Å². The second kappa shape index (κ2) is 6.32. The van der Waals surface area contributed by atoms with Crippen molar-refractivity contribution in [2.75, 3.05) is 0 Å². The molecule has 1 aromatic carbocycles. The van der Waals surface area contributed by atoms with Gasteiger partial charge in [-0.2, -0.15) is 0 Å². The molecule has 2 heterocycles. The molecule has 0 spiro atoms. The molecule has 4 nitrogen and oxygen atoms in total. The van der Waals surface area contributed by atoms with Crippen molar-refractivity contribution < 1.29 is 4.79 Å². The molecule has 24 heavy (non-hydrogen) atoms. The number of pyridine rings is 1. The van der Waals surface area contributed by atoms with Crippen LogP contribution >= 0.6 is 11.3 Å². The van der Waals surface area contributed by atoms with E-state index in [1.165, 1.54) is 17.7 Å². The quantitative estimate of drug-likeness (QED) is 0.770. The van der Waals surface area contributed by atoms with Crippen LogP contribution in [0.2, 0.25) is 0 Å². The van der Waals surface area contributed by atoms with Gasteiger partial charge < -0.3 is 5.32 Å². The van der Waals surface area contributed by atoms with Gasteiger partial charge in [0.25, 0.3) is 0 Å². The van der Waals surface area contributed by atoms with Gasteiger partial charge in [0.05, 0.1) is 18.0 Å². The maximum Gasteiger partial charge on any atom is 0.225 e. The standard InChI is InChI=1S/C19H19N3OS/c1-12-11-21-19(24-12)18(14-7-8-14)22-16(23)10-15-5-2-4-13-6-3-9-20-17(13)15/h2-6,9,11,14,18H,7-8,10H2,1H3,(H,22,23)/t18-/m0/s1. The zero-order valence-electron chi connectivity index (χ0n) is 13.5. The molecule has 122 valence electrons. The second-order valence-electron chi connectivity index (χ2n) is 6.36. The first kappa shape index (κ1) is 15.3. The van der Waals surface area contributed by atoms with Crippen LogP contribution in [-0.4, -0.2) is 15.9 Å². The predicted molar refractivity (Wildman–Crippen MR) is 95.9 cm³/mol. The molecular weight excluding hydrogens is 318 g/mol. The monoisotopic (exact) mass is 337 g/mol. The molecule has 0 unspecified atom stereocenters. The Hall–Kier alpha value is -2.27. The Bertz CT molecular complexity index is 880.